The Morgan fingerprint density at radius 1 is 1.69 bits per heavy atom. The smallest absolute Gasteiger partial charge is 0.246 e. The molecule has 3 N–H and O–H groups in total. The highest BCUT2D eigenvalue weighted by Gasteiger charge is 2.15. The van der Waals surface area contributed by atoms with E-state index in [1.807, 2.05) is 0 Å². The van der Waals surface area contributed by atoms with Gasteiger partial charge in [-0.1, -0.05) is 6.08 Å². The fourth-order valence-electron chi connectivity index (χ4n) is 0.780. The molecule has 0 aromatic rings. The molecule has 0 saturated heterocycles. The highest BCUT2D eigenvalue weighted by atomic mass is 16.5. The molecule has 1 atom stereocenters. The van der Waals surface area contributed by atoms with Crippen molar-refractivity contribution in [2.45, 2.75) is 12.5 Å². The zero-order valence-corrected chi connectivity index (χ0v) is 7.58. The molecule has 0 saturated carbocycles. The lowest BCUT2D eigenvalue weighted by atomic mass is 10.2. The first-order chi connectivity index (χ1) is 6.11. The van der Waals surface area contributed by atoms with Crippen molar-refractivity contribution in [1.82, 2.24) is 5.32 Å². The van der Waals surface area contributed by atoms with Gasteiger partial charge in [0.25, 0.3) is 0 Å². The van der Waals surface area contributed by atoms with Crippen molar-refractivity contribution in [1.29, 1.82) is 0 Å². The zero-order valence-electron chi connectivity index (χ0n) is 7.58. The minimum absolute atomic E-state index is 0.0824. The summed E-state index contributed by atoms with van der Waals surface area (Å²) < 4.78 is 4.57. The van der Waals surface area contributed by atoms with Crippen LogP contribution in [0.2, 0.25) is 0 Å². The molecule has 0 spiro atoms. The molecule has 0 aliphatic heterocycles. The molecule has 0 radical (unpaired) electrons. The Hall–Kier alpha value is -1.36. The standard InChI is InChI=1S/C8H14N2O3/c1-3-4-6(8(9)12)10-7(11)5-13-2/h3,6H,1,4-5H2,2H3,(H2,9,12)(H,10,11)/t6-/m0/s1. The van der Waals surface area contributed by atoms with E-state index in [4.69, 9.17) is 5.73 Å². The third-order valence-electron chi connectivity index (χ3n) is 1.36. The zero-order chi connectivity index (χ0) is 10.3. The van der Waals surface area contributed by atoms with Crippen LogP contribution in [-0.4, -0.2) is 31.6 Å². The SMILES string of the molecule is C=CC[C@H](NC(=O)COC)C(N)=O. The van der Waals surface area contributed by atoms with Crippen molar-refractivity contribution < 1.29 is 14.3 Å². The number of primary amides is 1. The van der Waals surface area contributed by atoms with Gasteiger partial charge >= 0.3 is 0 Å². The van der Waals surface area contributed by atoms with Gasteiger partial charge < -0.3 is 15.8 Å². The summed E-state index contributed by atoms with van der Waals surface area (Å²) in [4.78, 5) is 21.7. The van der Waals surface area contributed by atoms with Gasteiger partial charge in [-0.15, -0.1) is 6.58 Å². The fourth-order valence-corrected chi connectivity index (χ4v) is 0.780. The number of hydrogen-bond donors (Lipinski definition) is 2. The second-order valence-corrected chi connectivity index (χ2v) is 2.48. The number of methoxy groups -OCH3 is 1. The van der Waals surface area contributed by atoms with Gasteiger partial charge in [0.1, 0.15) is 12.6 Å². The molecule has 0 aromatic heterocycles. The van der Waals surface area contributed by atoms with Gasteiger partial charge in [-0.3, -0.25) is 9.59 Å². The number of amides is 2. The van der Waals surface area contributed by atoms with Gasteiger partial charge in [0.05, 0.1) is 0 Å². The van der Waals surface area contributed by atoms with E-state index in [2.05, 4.69) is 16.6 Å². The number of ether oxygens (including phenoxy) is 1. The van der Waals surface area contributed by atoms with Crippen LogP contribution >= 0.6 is 0 Å². The lowest BCUT2D eigenvalue weighted by Crippen LogP contribution is -2.45. The van der Waals surface area contributed by atoms with Crippen LogP contribution in [0, 0.1) is 0 Å². The van der Waals surface area contributed by atoms with Crippen molar-refractivity contribution in [3.05, 3.63) is 12.7 Å². The molecule has 0 bridgehead atoms. The summed E-state index contributed by atoms with van der Waals surface area (Å²) in [6.07, 6.45) is 1.84. The van der Waals surface area contributed by atoms with E-state index in [1.54, 1.807) is 0 Å². The Balaban J connectivity index is 4.01. The molecule has 0 aliphatic rings. The maximum Gasteiger partial charge on any atom is 0.246 e. The first-order valence-corrected chi connectivity index (χ1v) is 3.80. The Morgan fingerprint density at radius 2 is 2.31 bits per heavy atom. The predicted octanol–water partition coefficient (Wildman–Crippen LogP) is -0.821. The van der Waals surface area contributed by atoms with E-state index in [9.17, 15) is 9.59 Å². The van der Waals surface area contributed by atoms with Crippen LogP contribution in [0.4, 0.5) is 0 Å². The summed E-state index contributed by atoms with van der Waals surface area (Å²) in [6, 6.07) is -0.694. The lowest BCUT2D eigenvalue weighted by molar-refractivity contribution is -0.129. The maximum atomic E-state index is 11.0. The van der Waals surface area contributed by atoms with E-state index in [1.165, 1.54) is 13.2 Å². The van der Waals surface area contributed by atoms with E-state index >= 15 is 0 Å². The third kappa shape index (κ3) is 4.97. The highest BCUT2D eigenvalue weighted by Crippen LogP contribution is 1.91. The van der Waals surface area contributed by atoms with Gasteiger partial charge in [0.2, 0.25) is 11.8 Å². The Bertz CT molecular complexity index is 204. The van der Waals surface area contributed by atoms with E-state index in [0.717, 1.165) is 0 Å². The van der Waals surface area contributed by atoms with Gasteiger partial charge in [0, 0.05) is 7.11 Å². The monoisotopic (exact) mass is 186 g/mol. The van der Waals surface area contributed by atoms with E-state index < -0.39 is 11.9 Å². The first-order valence-electron chi connectivity index (χ1n) is 3.80. The summed E-state index contributed by atoms with van der Waals surface area (Å²) >= 11 is 0. The van der Waals surface area contributed by atoms with Crippen molar-refractivity contribution in [2.75, 3.05) is 13.7 Å². The number of nitrogens with one attached hydrogen (secondary N) is 1. The van der Waals surface area contributed by atoms with Crippen LogP contribution in [0.1, 0.15) is 6.42 Å². The number of carbonyl (C=O) groups excluding carboxylic acids is 2. The first kappa shape index (κ1) is 11.6. The van der Waals surface area contributed by atoms with Gasteiger partial charge in [-0.05, 0) is 6.42 Å². The van der Waals surface area contributed by atoms with E-state index in [0.29, 0.717) is 6.42 Å². The molecule has 5 heteroatoms. The Labute approximate surface area is 76.9 Å². The summed E-state index contributed by atoms with van der Waals surface area (Å²) in [7, 11) is 1.40. The molecule has 74 valence electrons. The second kappa shape index (κ2) is 6.19. The number of hydrogen-bond acceptors (Lipinski definition) is 3. The third-order valence-corrected chi connectivity index (χ3v) is 1.36. The molecule has 0 fully saturated rings. The second-order valence-electron chi connectivity index (χ2n) is 2.48. The molecule has 0 aliphatic carbocycles. The van der Waals surface area contributed by atoms with Crippen LogP contribution in [-0.2, 0) is 14.3 Å². The highest BCUT2D eigenvalue weighted by molar-refractivity contribution is 5.87. The largest absolute Gasteiger partial charge is 0.375 e. The average molecular weight is 186 g/mol. The van der Waals surface area contributed by atoms with Gasteiger partial charge in [-0.25, -0.2) is 0 Å². The number of rotatable bonds is 6. The summed E-state index contributed by atoms with van der Waals surface area (Å²) in [6.45, 7) is 3.36. The van der Waals surface area contributed by atoms with Crippen LogP contribution in [0.15, 0.2) is 12.7 Å². The summed E-state index contributed by atoms with van der Waals surface area (Å²) in [5, 5.41) is 2.41. The molecule has 0 unspecified atom stereocenters. The molecule has 0 aromatic carbocycles. The van der Waals surface area contributed by atoms with Crippen LogP contribution in [0.5, 0.6) is 0 Å². The van der Waals surface area contributed by atoms with Crippen LogP contribution in [0.25, 0.3) is 0 Å². The molecule has 0 heterocycles. The predicted molar refractivity (Wildman–Crippen MR) is 47.8 cm³/mol. The van der Waals surface area contributed by atoms with E-state index in [-0.39, 0.29) is 12.5 Å². The normalized spacial score (nSPS) is 11.8. The van der Waals surface area contributed by atoms with Gasteiger partial charge in [-0.2, -0.15) is 0 Å². The molecule has 2 amide bonds. The van der Waals surface area contributed by atoms with Crippen LogP contribution in [0.3, 0.4) is 0 Å². The Morgan fingerprint density at radius 3 is 2.69 bits per heavy atom. The summed E-state index contributed by atoms with van der Waals surface area (Å²) in [5.74, 6) is -0.947. The molecular weight excluding hydrogens is 172 g/mol. The van der Waals surface area contributed by atoms with Crippen molar-refractivity contribution in [3.8, 4) is 0 Å². The lowest BCUT2D eigenvalue weighted by Gasteiger charge is -2.12. The molecule has 0 rings (SSSR count). The quantitative estimate of drug-likeness (QED) is 0.532. The minimum atomic E-state index is -0.694. The topological polar surface area (TPSA) is 81.4 Å². The molecular formula is C8H14N2O3. The van der Waals surface area contributed by atoms with Crippen LogP contribution < -0.4 is 11.1 Å². The minimum Gasteiger partial charge on any atom is -0.375 e. The maximum absolute atomic E-state index is 11.0. The van der Waals surface area contributed by atoms with Gasteiger partial charge in [0.15, 0.2) is 0 Å². The fraction of sp³-hybridized carbons (Fsp3) is 0.500. The number of nitrogens with two attached hydrogens (primary N) is 1. The molecule has 13 heavy (non-hydrogen) atoms. The summed E-state index contributed by atoms with van der Waals surface area (Å²) in [5.41, 5.74) is 5.02. The van der Waals surface area contributed by atoms with Crippen molar-refractivity contribution in [2.24, 2.45) is 5.73 Å². The Kier molecular flexibility index (Phi) is 5.54. The van der Waals surface area contributed by atoms with Crippen molar-refractivity contribution in [3.63, 3.8) is 0 Å². The average Bonchev–Trinajstić information content (AvgIpc) is 2.04. The van der Waals surface area contributed by atoms with Crippen molar-refractivity contribution >= 4 is 11.8 Å². The number of carbonyl (C=O) groups is 2. The molecule has 5 nitrogen and oxygen atoms in total.